The van der Waals surface area contributed by atoms with Crippen molar-refractivity contribution in [3.63, 3.8) is 0 Å². The van der Waals surface area contributed by atoms with Gasteiger partial charge in [-0.25, -0.2) is 5.43 Å². The number of hydrogen-bond acceptors (Lipinski definition) is 2. The predicted molar refractivity (Wildman–Crippen MR) is 103 cm³/mol. The normalized spacial score (nSPS) is 11.0. The van der Waals surface area contributed by atoms with E-state index < -0.39 is 0 Å². The summed E-state index contributed by atoms with van der Waals surface area (Å²) in [5, 5.41) is 3.93. The van der Waals surface area contributed by atoms with Crippen molar-refractivity contribution in [2.24, 2.45) is 5.10 Å². The standard InChI is InChI=1S/C22H18N2O/c25-22(24-23-17-7-10-18-8-3-1-4-9-18)21-15-13-20(14-16-21)19-11-5-2-6-12-19/h1-17H,(H,24,25)/b10-7+,23-17+. The number of carbonyl (C=O) groups is 1. The average Bonchev–Trinajstić information content (AvgIpc) is 2.69. The van der Waals surface area contributed by atoms with E-state index in [2.05, 4.69) is 10.5 Å². The lowest BCUT2D eigenvalue weighted by atomic mass is 10.0. The summed E-state index contributed by atoms with van der Waals surface area (Å²) < 4.78 is 0. The van der Waals surface area contributed by atoms with Gasteiger partial charge < -0.3 is 0 Å². The van der Waals surface area contributed by atoms with E-state index in [-0.39, 0.29) is 5.91 Å². The van der Waals surface area contributed by atoms with Crippen molar-refractivity contribution in [2.45, 2.75) is 0 Å². The van der Waals surface area contributed by atoms with Gasteiger partial charge >= 0.3 is 0 Å². The molecule has 0 saturated heterocycles. The molecule has 25 heavy (non-hydrogen) atoms. The van der Waals surface area contributed by atoms with Crippen LogP contribution < -0.4 is 5.43 Å². The summed E-state index contributed by atoms with van der Waals surface area (Å²) in [6, 6.07) is 27.4. The molecule has 3 heteroatoms. The first kappa shape index (κ1) is 16.4. The van der Waals surface area contributed by atoms with Gasteiger partial charge in [0.2, 0.25) is 0 Å². The molecule has 3 aromatic carbocycles. The Morgan fingerprint density at radius 1 is 0.760 bits per heavy atom. The minimum absolute atomic E-state index is 0.232. The average molecular weight is 326 g/mol. The van der Waals surface area contributed by atoms with E-state index in [0.717, 1.165) is 16.7 Å². The van der Waals surface area contributed by atoms with Crippen molar-refractivity contribution >= 4 is 18.2 Å². The molecular formula is C22H18N2O. The van der Waals surface area contributed by atoms with Crippen LogP contribution in [0, 0.1) is 0 Å². The van der Waals surface area contributed by atoms with E-state index in [4.69, 9.17) is 0 Å². The van der Waals surface area contributed by atoms with Crippen molar-refractivity contribution < 1.29 is 4.79 Å². The fourth-order valence-corrected chi connectivity index (χ4v) is 2.37. The lowest BCUT2D eigenvalue weighted by molar-refractivity contribution is 0.0955. The second-order valence-electron chi connectivity index (χ2n) is 5.43. The van der Waals surface area contributed by atoms with Gasteiger partial charge in [0.05, 0.1) is 0 Å². The fraction of sp³-hybridized carbons (Fsp3) is 0. The molecule has 3 nitrogen and oxygen atoms in total. The molecule has 3 aromatic rings. The van der Waals surface area contributed by atoms with E-state index in [1.54, 1.807) is 24.4 Å². The zero-order valence-corrected chi connectivity index (χ0v) is 13.7. The van der Waals surface area contributed by atoms with E-state index >= 15 is 0 Å². The van der Waals surface area contributed by atoms with Gasteiger partial charge in [-0.3, -0.25) is 4.79 Å². The monoisotopic (exact) mass is 326 g/mol. The molecule has 0 bridgehead atoms. The summed E-state index contributed by atoms with van der Waals surface area (Å²) in [5.41, 5.74) is 6.38. The predicted octanol–water partition coefficient (Wildman–Crippen LogP) is 4.78. The summed E-state index contributed by atoms with van der Waals surface area (Å²) in [7, 11) is 0. The van der Waals surface area contributed by atoms with Crippen molar-refractivity contribution in [3.05, 3.63) is 102 Å². The summed E-state index contributed by atoms with van der Waals surface area (Å²) in [4.78, 5) is 12.1. The molecular weight excluding hydrogens is 308 g/mol. The molecule has 0 aliphatic rings. The van der Waals surface area contributed by atoms with Gasteiger partial charge in [-0.05, 0) is 34.9 Å². The van der Waals surface area contributed by atoms with Crippen LogP contribution in [0.15, 0.2) is 96.1 Å². The van der Waals surface area contributed by atoms with Gasteiger partial charge in [-0.1, -0.05) is 78.9 Å². The molecule has 0 heterocycles. The molecule has 0 radical (unpaired) electrons. The SMILES string of the molecule is O=C(N/N=C/C=C/c1ccccc1)c1ccc(-c2ccccc2)cc1. The second-order valence-corrected chi connectivity index (χ2v) is 5.43. The van der Waals surface area contributed by atoms with Gasteiger partial charge in [-0.2, -0.15) is 5.10 Å². The van der Waals surface area contributed by atoms with Crippen LogP contribution in [0.25, 0.3) is 17.2 Å². The fourth-order valence-electron chi connectivity index (χ4n) is 2.37. The zero-order valence-electron chi connectivity index (χ0n) is 13.7. The molecule has 0 fully saturated rings. The lowest BCUT2D eigenvalue weighted by Crippen LogP contribution is -2.17. The number of allylic oxidation sites excluding steroid dienone is 1. The maximum atomic E-state index is 12.1. The zero-order chi connectivity index (χ0) is 17.3. The highest BCUT2D eigenvalue weighted by Gasteiger charge is 2.04. The van der Waals surface area contributed by atoms with Crippen LogP contribution in [-0.4, -0.2) is 12.1 Å². The molecule has 1 N–H and O–H groups in total. The molecule has 0 unspecified atom stereocenters. The van der Waals surface area contributed by atoms with Gasteiger partial charge in [-0.15, -0.1) is 0 Å². The number of nitrogens with one attached hydrogen (secondary N) is 1. The number of hydrogen-bond donors (Lipinski definition) is 1. The molecule has 1 amide bonds. The number of amides is 1. The Labute approximate surface area is 147 Å². The van der Waals surface area contributed by atoms with Crippen LogP contribution >= 0.6 is 0 Å². The first-order valence-corrected chi connectivity index (χ1v) is 8.03. The van der Waals surface area contributed by atoms with Gasteiger partial charge in [0.1, 0.15) is 0 Å². The third kappa shape index (κ3) is 4.75. The van der Waals surface area contributed by atoms with E-state index in [0.29, 0.717) is 5.56 Å². The molecule has 122 valence electrons. The van der Waals surface area contributed by atoms with Crippen LogP contribution in [-0.2, 0) is 0 Å². The first-order valence-electron chi connectivity index (χ1n) is 8.03. The maximum absolute atomic E-state index is 12.1. The molecule has 0 saturated carbocycles. The summed E-state index contributed by atoms with van der Waals surface area (Å²) in [6.07, 6.45) is 5.27. The third-order valence-corrected chi connectivity index (χ3v) is 3.67. The van der Waals surface area contributed by atoms with Crippen LogP contribution in [0.4, 0.5) is 0 Å². The highest BCUT2D eigenvalue weighted by Crippen LogP contribution is 2.19. The topological polar surface area (TPSA) is 41.5 Å². The van der Waals surface area contributed by atoms with Crippen molar-refractivity contribution in [1.82, 2.24) is 5.43 Å². The highest BCUT2D eigenvalue weighted by atomic mass is 16.2. The van der Waals surface area contributed by atoms with Gasteiger partial charge in [0, 0.05) is 11.8 Å². The minimum Gasteiger partial charge on any atom is -0.267 e. The van der Waals surface area contributed by atoms with E-state index in [1.807, 2.05) is 78.9 Å². The Kier molecular flexibility index (Phi) is 5.52. The second kappa shape index (κ2) is 8.41. The summed E-state index contributed by atoms with van der Waals surface area (Å²) in [6.45, 7) is 0. The largest absolute Gasteiger partial charge is 0.271 e. The molecule has 0 aliphatic carbocycles. The van der Waals surface area contributed by atoms with Crippen molar-refractivity contribution in [1.29, 1.82) is 0 Å². The maximum Gasteiger partial charge on any atom is 0.271 e. The van der Waals surface area contributed by atoms with Crippen LogP contribution in [0.3, 0.4) is 0 Å². The first-order chi connectivity index (χ1) is 12.3. The number of hydrazone groups is 1. The number of benzene rings is 3. The van der Waals surface area contributed by atoms with Crippen molar-refractivity contribution in [3.8, 4) is 11.1 Å². The molecule has 3 rings (SSSR count). The molecule has 0 aromatic heterocycles. The minimum atomic E-state index is -0.232. The van der Waals surface area contributed by atoms with E-state index in [1.165, 1.54) is 0 Å². The summed E-state index contributed by atoms with van der Waals surface area (Å²) >= 11 is 0. The Balaban J connectivity index is 1.56. The Bertz CT molecular complexity index is 867. The van der Waals surface area contributed by atoms with Gasteiger partial charge in [0.25, 0.3) is 5.91 Å². The molecule has 0 spiro atoms. The van der Waals surface area contributed by atoms with Gasteiger partial charge in [0.15, 0.2) is 0 Å². The molecule has 0 aliphatic heterocycles. The third-order valence-electron chi connectivity index (χ3n) is 3.67. The molecule has 0 atom stereocenters. The Hall–Kier alpha value is -3.46. The number of nitrogens with zero attached hydrogens (tertiary/aromatic N) is 1. The number of rotatable bonds is 5. The smallest absolute Gasteiger partial charge is 0.267 e. The van der Waals surface area contributed by atoms with Crippen LogP contribution in [0.2, 0.25) is 0 Å². The highest BCUT2D eigenvalue weighted by molar-refractivity contribution is 5.95. The quantitative estimate of drug-likeness (QED) is 0.532. The Morgan fingerprint density at radius 3 is 2.04 bits per heavy atom. The van der Waals surface area contributed by atoms with E-state index in [9.17, 15) is 4.79 Å². The van der Waals surface area contributed by atoms with Crippen molar-refractivity contribution in [2.75, 3.05) is 0 Å². The Morgan fingerprint density at radius 2 is 1.36 bits per heavy atom. The van der Waals surface area contributed by atoms with Crippen LogP contribution in [0.1, 0.15) is 15.9 Å². The lowest BCUT2D eigenvalue weighted by Gasteiger charge is -2.03. The number of carbonyl (C=O) groups excluding carboxylic acids is 1. The van der Waals surface area contributed by atoms with Crippen LogP contribution in [0.5, 0.6) is 0 Å². The summed E-state index contributed by atoms with van der Waals surface area (Å²) in [5.74, 6) is -0.232.